The summed E-state index contributed by atoms with van der Waals surface area (Å²) in [5.74, 6) is 0.162. The van der Waals surface area contributed by atoms with Gasteiger partial charge in [-0.3, -0.25) is 19.0 Å². The summed E-state index contributed by atoms with van der Waals surface area (Å²) in [7, 11) is -2.34. The van der Waals surface area contributed by atoms with Crippen LogP contribution in [0.4, 0.5) is 5.69 Å². The number of para-hydroxylation sites is 1. The molecule has 1 aromatic heterocycles. The molecular weight excluding hydrogens is 440 g/mol. The molecule has 3 aromatic rings. The number of amides is 1. The molecule has 0 saturated carbocycles. The topological polar surface area (TPSA) is 102 Å². The first kappa shape index (κ1) is 24.3. The van der Waals surface area contributed by atoms with Gasteiger partial charge in [0.1, 0.15) is 5.69 Å². The Hall–Kier alpha value is -3.33. The Morgan fingerprint density at radius 2 is 1.61 bits per heavy atom. The van der Waals surface area contributed by atoms with E-state index in [0.29, 0.717) is 29.4 Å². The van der Waals surface area contributed by atoms with Gasteiger partial charge in [-0.2, -0.15) is 0 Å². The summed E-state index contributed by atoms with van der Waals surface area (Å²) in [5.41, 5.74) is 0.991. The second kappa shape index (κ2) is 10.1. The summed E-state index contributed by atoms with van der Waals surface area (Å²) in [4.78, 5) is 25.3. The third kappa shape index (κ3) is 5.19. The summed E-state index contributed by atoms with van der Waals surface area (Å²) < 4.78 is 31.4. The fourth-order valence-corrected chi connectivity index (χ4v) is 4.70. The van der Waals surface area contributed by atoms with Crippen molar-refractivity contribution in [3.8, 4) is 5.69 Å². The van der Waals surface area contributed by atoms with Gasteiger partial charge in [-0.15, -0.1) is 0 Å². The van der Waals surface area contributed by atoms with E-state index in [2.05, 4.69) is 23.9 Å². The molecular formula is C24H30N4O4S. The van der Waals surface area contributed by atoms with E-state index >= 15 is 0 Å². The number of sulfonamides is 1. The quantitative estimate of drug-likeness (QED) is 0.500. The lowest BCUT2D eigenvalue weighted by Gasteiger charge is -2.13. The van der Waals surface area contributed by atoms with Crippen LogP contribution in [0.25, 0.3) is 5.69 Å². The van der Waals surface area contributed by atoms with E-state index in [1.807, 2.05) is 6.07 Å². The molecule has 0 radical (unpaired) electrons. The third-order valence-electron chi connectivity index (χ3n) is 5.92. The fraction of sp³-hybridized carbons (Fsp3) is 0.333. The maximum atomic E-state index is 13.0. The van der Waals surface area contributed by atoms with Gasteiger partial charge in [-0.1, -0.05) is 44.9 Å². The molecule has 33 heavy (non-hydrogen) atoms. The van der Waals surface area contributed by atoms with Crippen LogP contribution in [0, 0.1) is 12.8 Å². The Labute approximate surface area is 194 Å². The summed E-state index contributed by atoms with van der Waals surface area (Å²) in [6.07, 6.45) is 1.95. The van der Waals surface area contributed by atoms with Gasteiger partial charge in [0.15, 0.2) is 0 Å². The van der Waals surface area contributed by atoms with Gasteiger partial charge in [0.05, 0.1) is 16.3 Å². The molecule has 0 unspecified atom stereocenters. The number of nitrogens with zero attached hydrogens (tertiary/aromatic N) is 2. The smallest absolute Gasteiger partial charge is 0.296 e. The Kier molecular flexibility index (Phi) is 7.43. The molecule has 0 aliphatic rings. The van der Waals surface area contributed by atoms with Crippen LogP contribution in [-0.4, -0.2) is 30.2 Å². The zero-order valence-electron chi connectivity index (χ0n) is 19.3. The van der Waals surface area contributed by atoms with Crippen LogP contribution in [0.5, 0.6) is 0 Å². The van der Waals surface area contributed by atoms with Crippen LogP contribution in [0.15, 0.2) is 64.3 Å². The molecule has 176 valence electrons. The lowest BCUT2D eigenvalue weighted by molar-refractivity contribution is 0.0946. The van der Waals surface area contributed by atoms with E-state index in [4.69, 9.17) is 0 Å². The molecule has 8 nitrogen and oxygen atoms in total. The number of anilines is 1. The van der Waals surface area contributed by atoms with Gasteiger partial charge < -0.3 is 5.32 Å². The Morgan fingerprint density at radius 1 is 1.00 bits per heavy atom. The molecule has 3 rings (SSSR count). The standard InChI is InChI=1S/C24H30N4O4S/c1-5-18(6-2)16-25-23(29)19-12-14-21(15-13-19)33(31,32)26-22-17(3)27(4)28(24(22)30)20-10-8-7-9-11-20/h7-15,18,26H,5-6,16H2,1-4H3,(H,25,29). The Balaban J connectivity index is 1.82. The largest absolute Gasteiger partial charge is 0.352 e. The maximum absolute atomic E-state index is 13.0. The number of rotatable bonds is 9. The van der Waals surface area contributed by atoms with Gasteiger partial charge in [0.25, 0.3) is 21.5 Å². The molecule has 1 amide bonds. The number of carbonyl (C=O) groups excluding carboxylic acids is 1. The number of aromatic nitrogens is 2. The minimum absolute atomic E-state index is 0.0201. The molecule has 0 atom stereocenters. The van der Waals surface area contributed by atoms with Crippen LogP contribution < -0.4 is 15.6 Å². The summed E-state index contributed by atoms with van der Waals surface area (Å²) >= 11 is 0. The molecule has 2 aromatic carbocycles. The van der Waals surface area contributed by atoms with Crippen molar-refractivity contribution in [3.05, 3.63) is 76.2 Å². The molecule has 0 aliphatic heterocycles. The lowest BCUT2D eigenvalue weighted by atomic mass is 10.0. The maximum Gasteiger partial charge on any atom is 0.296 e. The predicted molar refractivity (Wildman–Crippen MR) is 129 cm³/mol. The molecule has 0 fully saturated rings. The molecule has 1 heterocycles. The Morgan fingerprint density at radius 3 is 2.18 bits per heavy atom. The molecule has 0 aliphatic carbocycles. The minimum atomic E-state index is -4.03. The van der Waals surface area contributed by atoms with Crippen LogP contribution in [0.2, 0.25) is 0 Å². The number of hydrogen-bond acceptors (Lipinski definition) is 4. The van der Waals surface area contributed by atoms with Crippen molar-refractivity contribution in [1.29, 1.82) is 0 Å². The minimum Gasteiger partial charge on any atom is -0.352 e. The summed E-state index contributed by atoms with van der Waals surface area (Å²) in [5, 5.41) is 2.89. The number of hydrogen-bond donors (Lipinski definition) is 2. The van der Waals surface area contributed by atoms with Crippen molar-refractivity contribution in [2.75, 3.05) is 11.3 Å². The Bertz CT molecular complexity index is 1270. The van der Waals surface area contributed by atoms with Gasteiger partial charge >= 0.3 is 0 Å². The van der Waals surface area contributed by atoms with Gasteiger partial charge in [-0.25, -0.2) is 13.1 Å². The van der Waals surface area contributed by atoms with E-state index in [9.17, 15) is 18.0 Å². The van der Waals surface area contributed by atoms with Crippen molar-refractivity contribution in [1.82, 2.24) is 14.7 Å². The second-order valence-corrected chi connectivity index (χ2v) is 9.64. The first-order valence-electron chi connectivity index (χ1n) is 10.9. The van der Waals surface area contributed by atoms with Crippen LogP contribution >= 0.6 is 0 Å². The van der Waals surface area contributed by atoms with Gasteiger partial charge in [0.2, 0.25) is 0 Å². The molecule has 0 spiro atoms. The first-order valence-corrected chi connectivity index (χ1v) is 12.4. The monoisotopic (exact) mass is 470 g/mol. The molecule has 2 N–H and O–H groups in total. The molecule has 0 bridgehead atoms. The zero-order chi connectivity index (χ0) is 24.2. The van der Waals surface area contributed by atoms with Crippen molar-refractivity contribution < 1.29 is 13.2 Å². The molecule has 9 heteroatoms. The van der Waals surface area contributed by atoms with E-state index in [1.165, 1.54) is 28.9 Å². The van der Waals surface area contributed by atoms with Crippen LogP contribution in [0.3, 0.4) is 0 Å². The molecule has 0 saturated heterocycles. The number of carbonyl (C=O) groups is 1. The SMILES string of the molecule is CCC(CC)CNC(=O)c1ccc(S(=O)(=O)Nc2c(C)n(C)n(-c3ccccc3)c2=O)cc1. The summed E-state index contributed by atoms with van der Waals surface area (Å²) in [6.45, 7) is 6.41. The normalized spacial score (nSPS) is 11.5. The van der Waals surface area contributed by atoms with Crippen molar-refractivity contribution in [3.63, 3.8) is 0 Å². The van der Waals surface area contributed by atoms with Crippen molar-refractivity contribution in [2.45, 2.75) is 38.5 Å². The van der Waals surface area contributed by atoms with Gasteiger partial charge in [0, 0.05) is 19.2 Å². The summed E-state index contributed by atoms with van der Waals surface area (Å²) in [6, 6.07) is 14.6. The van der Waals surface area contributed by atoms with Crippen molar-refractivity contribution >= 4 is 21.6 Å². The number of nitrogens with one attached hydrogen (secondary N) is 2. The van der Waals surface area contributed by atoms with Crippen molar-refractivity contribution in [2.24, 2.45) is 13.0 Å². The highest BCUT2D eigenvalue weighted by atomic mass is 32.2. The highest BCUT2D eigenvalue weighted by Crippen LogP contribution is 2.19. The second-order valence-electron chi connectivity index (χ2n) is 7.96. The fourth-order valence-electron chi connectivity index (χ4n) is 3.58. The highest BCUT2D eigenvalue weighted by molar-refractivity contribution is 7.92. The van der Waals surface area contributed by atoms with Gasteiger partial charge in [-0.05, 0) is 49.2 Å². The highest BCUT2D eigenvalue weighted by Gasteiger charge is 2.22. The zero-order valence-corrected chi connectivity index (χ0v) is 20.1. The third-order valence-corrected chi connectivity index (χ3v) is 7.29. The van der Waals surface area contributed by atoms with E-state index in [0.717, 1.165) is 12.8 Å². The van der Waals surface area contributed by atoms with Crippen LogP contribution in [0.1, 0.15) is 42.7 Å². The van der Waals surface area contributed by atoms with E-state index in [-0.39, 0.29) is 16.5 Å². The van der Waals surface area contributed by atoms with E-state index < -0.39 is 15.6 Å². The van der Waals surface area contributed by atoms with E-state index in [1.54, 1.807) is 42.9 Å². The number of benzene rings is 2. The average molecular weight is 471 g/mol. The predicted octanol–water partition coefficient (Wildman–Crippen LogP) is 3.45. The lowest BCUT2D eigenvalue weighted by Crippen LogP contribution is -2.29. The first-order chi connectivity index (χ1) is 15.7. The van der Waals surface area contributed by atoms with Crippen LogP contribution in [-0.2, 0) is 17.1 Å². The average Bonchev–Trinajstić information content (AvgIpc) is 3.03.